The van der Waals surface area contributed by atoms with Crippen molar-refractivity contribution in [3.63, 3.8) is 0 Å². The molecule has 0 bridgehead atoms. The Bertz CT molecular complexity index is 212. The van der Waals surface area contributed by atoms with Crippen molar-refractivity contribution in [1.29, 1.82) is 0 Å². The van der Waals surface area contributed by atoms with E-state index < -0.39 is 10.0 Å². The summed E-state index contributed by atoms with van der Waals surface area (Å²) in [7, 11) is 2.73. The standard InChI is InChI=1S/C13H25N.C2H8O2Si/c1-2-3-8-13-12-7-5-4-6-11(12)9-10-14-13;1-3-5-4-2/h11-14H,2-10H2,1H3;5H2,1-2H3. The average molecular weight is 288 g/mol. The van der Waals surface area contributed by atoms with E-state index in [1.165, 1.54) is 57.9 Å². The van der Waals surface area contributed by atoms with Crippen molar-refractivity contribution in [1.82, 2.24) is 5.32 Å². The van der Waals surface area contributed by atoms with Crippen molar-refractivity contribution in [2.75, 3.05) is 20.8 Å². The normalized spacial score (nSPS) is 30.2. The molecule has 114 valence electrons. The van der Waals surface area contributed by atoms with Gasteiger partial charge in [-0.25, -0.2) is 0 Å². The molecular weight excluding hydrogens is 254 g/mol. The van der Waals surface area contributed by atoms with Crippen LogP contribution in [0.4, 0.5) is 0 Å². The Morgan fingerprint density at radius 2 is 1.84 bits per heavy atom. The van der Waals surface area contributed by atoms with Gasteiger partial charge < -0.3 is 14.2 Å². The fourth-order valence-electron chi connectivity index (χ4n) is 3.59. The zero-order valence-electron chi connectivity index (χ0n) is 13.1. The number of rotatable bonds is 5. The van der Waals surface area contributed by atoms with Crippen molar-refractivity contribution in [3.8, 4) is 0 Å². The molecule has 0 aromatic carbocycles. The molecule has 1 saturated carbocycles. The molecule has 3 nitrogen and oxygen atoms in total. The highest BCUT2D eigenvalue weighted by Crippen LogP contribution is 2.37. The molecule has 0 aromatic heterocycles. The summed E-state index contributed by atoms with van der Waals surface area (Å²) in [5.41, 5.74) is 0. The first-order valence-corrected chi connectivity index (χ1v) is 9.20. The summed E-state index contributed by atoms with van der Waals surface area (Å²) in [6.07, 6.45) is 11.7. The van der Waals surface area contributed by atoms with Crippen molar-refractivity contribution in [3.05, 3.63) is 0 Å². The van der Waals surface area contributed by atoms with Crippen LogP contribution in [-0.4, -0.2) is 36.8 Å². The quantitative estimate of drug-likeness (QED) is 0.789. The van der Waals surface area contributed by atoms with Crippen LogP contribution < -0.4 is 5.32 Å². The summed E-state index contributed by atoms with van der Waals surface area (Å²) in [5.74, 6) is 2.11. The van der Waals surface area contributed by atoms with Crippen LogP contribution in [0.3, 0.4) is 0 Å². The number of nitrogens with one attached hydrogen (secondary N) is 1. The van der Waals surface area contributed by atoms with Crippen LogP contribution in [0, 0.1) is 11.8 Å². The molecule has 1 saturated heterocycles. The number of piperidine rings is 1. The van der Waals surface area contributed by atoms with Gasteiger partial charge in [0.25, 0.3) is 0 Å². The highest BCUT2D eigenvalue weighted by Gasteiger charge is 2.33. The molecule has 3 unspecified atom stereocenters. The second kappa shape index (κ2) is 10.8. The highest BCUT2D eigenvalue weighted by molar-refractivity contribution is 6.17. The minimum Gasteiger partial charge on any atom is -0.402 e. The van der Waals surface area contributed by atoms with Crippen LogP contribution in [0.5, 0.6) is 0 Å². The van der Waals surface area contributed by atoms with E-state index >= 15 is 0 Å². The predicted molar refractivity (Wildman–Crippen MR) is 83.9 cm³/mol. The van der Waals surface area contributed by atoms with E-state index in [1.54, 1.807) is 14.2 Å². The lowest BCUT2D eigenvalue weighted by Gasteiger charge is -2.42. The van der Waals surface area contributed by atoms with Gasteiger partial charge in [0.1, 0.15) is 0 Å². The molecule has 4 heteroatoms. The van der Waals surface area contributed by atoms with Gasteiger partial charge in [-0.05, 0) is 37.6 Å². The molecule has 0 spiro atoms. The molecule has 2 aliphatic rings. The van der Waals surface area contributed by atoms with Gasteiger partial charge in [0.05, 0.1) is 0 Å². The van der Waals surface area contributed by atoms with Crippen LogP contribution in [0.1, 0.15) is 58.3 Å². The van der Waals surface area contributed by atoms with E-state index in [2.05, 4.69) is 21.1 Å². The zero-order valence-corrected chi connectivity index (χ0v) is 14.5. The lowest BCUT2D eigenvalue weighted by atomic mass is 9.70. The second-order valence-electron chi connectivity index (χ2n) is 5.90. The summed E-state index contributed by atoms with van der Waals surface area (Å²) >= 11 is 0. The largest absolute Gasteiger partial charge is 0.402 e. The van der Waals surface area contributed by atoms with Crippen LogP contribution in [0.2, 0.25) is 0 Å². The number of hydrogen-bond acceptors (Lipinski definition) is 3. The molecule has 0 radical (unpaired) electrons. The summed E-state index contributed by atoms with van der Waals surface area (Å²) in [6.45, 7) is 3.59. The third-order valence-electron chi connectivity index (χ3n) is 4.51. The molecule has 2 rings (SSSR count). The van der Waals surface area contributed by atoms with Gasteiger partial charge in [-0.1, -0.05) is 39.0 Å². The maximum atomic E-state index is 4.61. The molecule has 0 aromatic rings. The summed E-state index contributed by atoms with van der Waals surface area (Å²) < 4.78 is 9.22. The van der Waals surface area contributed by atoms with Crippen LogP contribution in [0.25, 0.3) is 0 Å². The van der Waals surface area contributed by atoms with Crippen molar-refractivity contribution in [2.24, 2.45) is 11.8 Å². The van der Waals surface area contributed by atoms with Crippen molar-refractivity contribution < 1.29 is 8.85 Å². The Kier molecular flexibility index (Phi) is 9.78. The van der Waals surface area contributed by atoms with E-state index in [0.29, 0.717) is 0 Å². The molecule has 19 heavy (non-hydrogen) atoms. The maximum Gasteiger partial charge on any atom is 0.303 e. The smallest absolute Gasteiger partial charge is 0.303 e. The first-order valence-electron chi connectivity index (χ1n) is 8.04. The third kappa shape index (κ3) is 6.39. The number of fused-ring (bicyclic) bond motifs is 1. The Balaban J connectivity index is 0.000000312. The Labute approximate surface area is 121 Å². The molecule has 0 amide bonds. The van der Waals surface area contributed by atoms with Crippen LogP contribution >= 0.6 is 0 Å². The van der Waals surface area contributed by atoms with Gasteiger partial charge in [-0.2, -0.15) is 0 Å². The van der Waals surface area contributed by atoms with Gasteiger partial charge >= 0.3 is 10.0 Å². The van der Waals surface area contributed by atoms with Crippen molar-refractivity contribution >= 4 is 10.0 Å². The van der Waals surface area contributed by atoms with Crippen LogP contribution in [0.15, 0.2) is 0 Å². The lowest BCUT2D eigenvalue weighted by Crippen LogP contribution is -2.47. The van der Waals surface area contributed by atoms with Gasteiger partial charge in [0.2, 0.25) is 0 Å². The number of unbranched alkanes of at least 4 members (excludes halogenated alkanes) is 1. The van der Waals surface area contributed by atoms with Crippen molar-refractivity contribution in [2.45, 2.75) is 64.3 Å². The van der Waals surface area contributed by atoms with E-state index in [4.69, 9.17) is 0 Å². The van der Waals surface area contributed by atoms with Crippen LogP contribution in [-0.2, 0) is 8.85 Å². The monoisotopic (exact) mass is 287 g/mol. The highest BCUT2D eigenvalue weighted by atomic mass is 28.3. The van der Waals surface area contributed by atoms with Gasteiger partial charge in [0, 0.05) is 20.3 Å². The lowest BCUT2D eigenvalue weighted by molar-refractivity contribution is 0.127. The van der Waals surface area contributed by atoms with Gasteiger partial charge in [0.15, 0.2) is 0 Å². The Hall–Kier alpha value is 0.0969. The van der Waals surface area contributed by atoms with E-state index in [-0.39, 0.29) is 0 Å². The molecule has 3 atom stereocenters. The average Bonchev–Trinajstić information content (AvgIpc) is 2.46. The molecular formula is C15H33NO2Si. The molecule has 2 fully saturated rings. The minimum atomic E-state index is -0.568. The fraction of sp³-hybridized carbons (Fsp3) is 1.00. The van der Waals surface area contributed by atoms with Gasteiger partial charge in [-0.15, -0.1) is 0 Å². The zero-order chi connectivity index (χ0) is 13.9. The summed E-state index contributed by atoms with van der Waals surface area (Å²) in [6, 6.07) is 0.869. The summed E-state index contributed by atoms with van der Waals surface area (Å²) in [4.78, 5) is 0. The number of hydrogen-bond donors (Lipinski definition) is 1. The molecule has 1 heterocycles. The Morgan fingerprint density at radius 1 is 1.11 bits per heavy atom. The first-order chi connectivity index (χ1) is 9.33. The predicted octanol–water partition coefficient (Wildman–Crippen LogP) is 2.62. The first kappa shape index (κ1) is 17.1. The second-order valence-corrected chi connectivity index (χ2v) is 7.29. The summed E-state index contributed by atoms with van der Waals surface area (Å²) in [5, 5.41) is 3.75. The fourth-order valence-corrected chi connectivity index (χ4v) is 3.82. The SMILES string of the molecule is CCCCC1NCCC2CCCCC21.CO[SiH2]OC. The van der Waals surface area contributed by atoms with E-state index in [0.717, 1.165) is 17.9 Å². The van der Waals surface area contributed by atoms with E-state index in [9.17, 15) is 0 Å². The third-order valence-corrected chi connectivity index (χ3v) is 4.98. The molecule has 1 N–H and O–H groups in total. The van der Waals surface area contributed by atoms with E-state index in [1.807, 2.05) is 0 Å². The topological polar surface area (TPSA) is 30.5 Å². The molecule has 1 aliphatic heterocycles. The molecule has 1 aliphatic carbocycles. The van der Waals surface area contributed by atoms with Gasteiger partial charge in [-0.3, -0.25) is 0 Å². The Morgan fingerprint density at radius 3 is 2.47 bits per heavy atom. The maximum absolute atomic E-state index is 4.61. The minimum absolute atomic E-state index is 0.568.